The highest BCUT2D eigenvalue weighted by Gasteiger charge is 2.77. The van der Waals surface area contributed by atoms with Gasteiger partial charge in [0.2, 0.25) is 11.7 Å². The quantitative estimate of drug-likeness (QED) is 0.0447. The number of aliphatic hydroxyl groups is 1. The Morgan fingerprint density at radius 2 is 1.56 bits per heavy atom. The van der Waals surface area contributed by atoms with Gasteiger partial charge in [-0.15, -0.1) is 11.8 Å². The molecule has 3 amide bonds. The number of alkyl halides is 2. The lowest BCUT2D eigenvalue weighted by molar-refractivity contribution is -0.204. The van der Waals surface area contributed by atoms with Crippen LogP contribution in [0.2, 0.25) is 0 Å². The molecule has 4 unspecified atom stereocenters. The van der Waals surface area contributed by atoms with Crippen molar-refractivity contribution >= 4 is 51.2 Å². The van der Waals surface area contributed by atoms with Gasteiger partial charge in [-0.1, -0.05) is 41.9 Å². The molecular weight excluding hydrogens is 965 g/mol. The number of ketones is 2. The van der Waals surface area contributed by atoms with Gasteiger partial charge in [0.05, 0.1) is 58.5 Å². The zero-order valence-electron chi connectivity index (χ0n) is 41.5. The monoisotopic (exact) mass is 1040 g/mol. The number of amides is 3. The van der Waals surface area contributed by atoms with Crippen LogP contribution >= 0.6 is 21.6 Å². The van der Waals surface area contributed by atoms with Crippen LogP contribution in [0.1, 0.15) is 91.9 Å². The first-order chi connectivity index (χ1) is 34.0. The van der Waals surface area contributed by atoms with Crippen LogP contribution in [0.4, 0.5) is 18.4 Å². The van der Waals surface area contributed by atoms with Gasteiger partial charge in [0, 0.05) is 66.3 Å². The highest BCUT2D eigenvalue weighted by Crippen LogP contribution is 2.69. The third kappa shape index (κ3) is 13.2. The Labute approximate surface area is 424 Å². The lowest BCUT2D eigenvalue weighted by atomic mass is 9.48. The SMILES string of the molecule is CCCC1O[C@@H]2CC3[C@@H]4C[C@H](F)C5=CC(=O)C=C[C@]5(F)C4[C@@H](O)C[C@]3(C)[C@]2(C(=O)COC(=O)NCCSSC(C)(C)CC(=O)NCCOCCOCCOCCNC(=O)OCC2[C@H]3CCC#CCC[C@@H]23)O1. The fraction of sp³-hybridized carbons (Fsp3) is 0.784. The van der Waals surface area contributed by atoms with Gasteiger partial charge >= 0.3 is 12.2 Å². The topological polar surface area (TPSA) is 206 Å². The molecule has 0 aromatic rings. The number of hydrogen-bond acceptors (Lipinski definition) is 15. The van der Waals surface area contributed by atoms with E-state index in [4.69, 9.17) is 33.2 Å². The molecule has 6 aliphatic carbocycles. The van der Waals surface area contributed by atoms with Crippen molar-refractivity contribution in [1.82, 2.24) is 16.0 Å². The third-order valence-corrected chi connectivity index (χ3v) is 18.7. The summed E-state index contributed by atoms with van der Waals surface area (Å²) in [4.78, 5) is 64.0. The summed E-state index contributed by atoms with van der Waals surface area (Å²) >= 11 is 0. The summed E-state index contributed by atoms with van der Waals surface area (Å²) in [5.74, 6) is 5.25. The Morgan fingerprint density at radius 3 is 2.25 bits per heavy atom. The van der Waals surface area contributed by atoms with Gasteiger partial charge in [0.25, 0.3) is 0 Å². The summed E-state index contributed by atoms with van der Waals surface area (Å²) in [6, 6.07) is 0. The zero-order chi connectivity index (χ0) is 50.8. The maximum Gasteiger partial charge on any atom is 0.407 e. The maximum atomic E-state index is 16.8. The van der Waals surface area contributed by atoms with Crippen molar-refractivity contribution < 1.29 is 71.0 Å². The molecule has 4 saturated carbocycles. The molecule has 20 heteroatoms. The Balaban J connectivity index is 0.717. The summed E-state index contributed by atoms with van der Waals surface area (Å²) in [7, 11) is 2.99. The average molecular weight is 1040 g/mol. The van der Waals surface area contributed by atoms with Gasteiger partial charge in [0.15, 0.2) is 29.9 Å². The molecule has 0 radical (unpaired) electrons. The smallest absolute Gasteiger partial charge is 0.407 e. The standard InChI is InChI=1S/C51H73F2N3O13S2/c1-5-10-44-68-42-27-37-35-26-39(52)38-25-32(57)13-14-50(38,53)45(35)40(58)28-49(37,4)51(42,69-44)41(59)31-67-47(62)56-17-24-70-71-48(2,3)29-43(60)54-15-18-63-20-22-65-23-21-64-19-16-55-46(61)66-30-36-33-11-8-6-7-9-12-34(33)36/h13-14,25,33-37,39-40,42,44-45,58H,5,8-12,15-24,26-31H2,1-4H3,(H,54,60)(H,55,61)(H,56,62)/t33-,34+,35-,36?,37?,39-,40-,42+,44?,45?,49-,50+,51+/m0/s1. The number of allylic oxidation sites excluding steroid dienone is 4. The lowest BCUT2D eigenvalue weighted by Crippen LogP contribution is -2.65. The molecule has 1 heterocycles. The minimum absolute atomic E-state index is 0.0376. The highest BCUT2D eigenvalue weighted by molar-refractivity contribution is 8.77. The maximum absolute atomic E-state index is 16.8. The van der Waals surface area contributed by atoms with Crippen molar-refractivity contribution in [2.75, 3.05) is 78.2 Å². The van der Waals surface area contributed by atoms with Gasteiger partial charge in [-0.05, 0) is 100 Å². The minimum Gasteiger partial charge on any atom is -0.449 e. The zero-order valence-corrected chi connectivity index (χ0v) is 43.1. The molecule has 7 rings (SSSR count). The summed E-state index contributed by atoms with van der Waals surface area (Å²) in [6.45, 7) is 10.6. The first-order valence-electron chi connectivity index (χ1n) is 25.4. The van der Waals surface area contributed by atoms with Crippen molar-refractivity contribution in [2.45, 2.75) is 133 Å². The predicted octanol–water partition coefficient (Wildman–Crippen LogP) is 5.98. The van der Waals surface area contributed by atoms with E-state index >= 15 is 8.78 Å². The first kappa shape index (κ1) is 55.5. The molecule has 5 fully saturated rings. The second kappa shape index (κ2) is 24.8. The number of rotatable bonds is 26. The van der Waals surface area contributed by atoms with E-state index in [9.17, 15) is 29.1 Å². The molecule has 0 aromatic carbocycles. The summed E-state index contributed by atoms with van der Waals surface area (Å²) < 4.78 is 72.5. The van der Waals surface area contributed by atoms with E-state index in [2.05, 4.69) is 27.8 Å². The van der Waals surface area contributed by atoms with Gasteiger partial charge in [0.1, 0.15) is 6.17 Å². The van der Waals surface area contributed by atoms with Crippen molar-refractivity contribution in [2.24, 2.45) is 40.9 Å². The molecule has 7 aliphatic rings. The molecule has 396 valence electrons. The van der Waals surface area contributed by atoms with Crippen LogP contribution in [-0.2, 0) is 47.5 Å². The molecule has 4 N–H and O–H groups in total. The van der Waals surface area contributed by atoms with Crippen molar-refractivity contribution in [3.05, 3.63) is 23.8 Å². The Kier molecular flexibility index (Phi) is 19.4. The number of alkyl carbamates (subject to hydrolysis) is 2. The van der Waals surface area contributed by atoms with Crippen LogP contribution in [0.5, 0.6) is 0 Å². The van der Waals surface area contributed by atoms with E-state index in [-0.39, 0.29) is 43.7 Å². The molecule has 0 aromatic heterocycles. The van der Waals surface area contributed by atoms with Crippen molar-refractivity contribution in [3.8, 4) is 11.8 Å². The van der Waals surface area contributed by atoms with Crippen molar-refractivity contribution in [3.63, 3.8) is 0 Å². The van der Waals surface area contributed by atoms with Gasteiger partial charge in [-0.25, -0.2) is 18.4 Å². The number of hydrogen-bond donors (Lipinski definition) is 4. The van der Waals surface area contributed by atoms with Crippen LogP contribution in [-0.4, -0.2) is 154 Å². The van der Waals surface area contributed by atoms with Gasteiger partial charge in [-0.3, -0.25) is 14.4 Å². The number of nitrogens with one attached hydrogen (secondary N) is 3. The number of carbonyl (C=O) groups is 5. The molecule has 1 aliphatic heterocycles. The van der Waals surface area contributed by atoms with E-state index < -0.39 is 94.2 Å². The summed E-state index contributed by atoms with van der Waals surface area (Å²) in [6.07, 6.45) is 3.02. The minimum atomic E-state index is -2.35. The Bertz CT molecular complexity index is 2020. The fourth-order valence-electron chi connectivity index (χ4n) is 12.3. The van der Waals surface area contributed by atoms with E-state index in [0.29, 0.717) is 95.7 Å². The number of carbonyl (C=O) groups excluding carboxylic acids is 5. The molecule has 0 spiro atoms. The number of halogens is 2. The molecule has 13 atom stereocenters. The second-order valence-corrected chi connectivity index (χ2v) is 23.7. The second-order valence-electron chi connectivity index (χ2n) is 20.6. The molecule has 1 saturated heterocycles. The van der Waals surface area contributed by atoms with Gasteiger partial charge in [-0.2, -0.15) is 0 Å². The van der Waals surface area contributed by atoms with E-state index in [1.165, 1.54) is 21.6 Å². The third-order valence-electron chi connectivity index (χ3n) is 15.5. The first-order valence-corrected chi connectivity index (χ1v) is 27.7. The number of ether oxygens (including phenoxy) is 7. The molecular formula is C51H73F2N3O13S2. The van der Waals surface area contributed by atoms with Crippen LogP contribution in [0.3, 0.4) is 0 Å². The Hall–Kier alpha value is -3.29. The Morgan fingerprint density at radius 1 is 0.915 bits per heavy atom. The number of Topliss-reactive ketones (excluding diaryl/α,β-unsaturated/α-hetero) is 1. The van der Waals surface area contributed by atoms with Gasteiger partial charge < -0.3 is 54.2 Å². The summed E-state index contributed by atoms with van der Waals surface area (Å²) in [5, 5.41) is 20.0. The highest BCUT2D eigenvalue weighted by atomic mass is 33.1. The fourth-order valence-corrected chi connectivity index (χ4v) is 14.7. The molecule has 71 heavy (non-hydrogen) atoms. The average Bonchev–Trinajstić information content (AvgIpc) is 3.68. The summed E-state index contributed by atoms with van der Waals surface area (Å²) in [5.41, 5.74) is -5.34. The largest absolute Gasteiger partial charge is 0.449 e. The predicted molar refractivity (Wildman–Crippen MR) is 261 cm³/mol. The molecule has 0 bridgehead atoms. The van der Waals surface area contributed by atoms with Crippen LogP contribution in [0, 0.1) is 52.8 Å². The van der Waals surface area contributed by atoms with Crippen LogP contribution in [0.15, 0.2) is 23.8 Å². The van der Waals surface area contributed by atoms with Crippen molar-refractivity contribution in [1.29, 1.82) is 0 Å². The van der Waals surface area contributed by atoms with Crippen LogP contribution in [0.25, 0.3) is 0 Å². The molecule has 16 nitrogen and oxygen atoms in total. The van der Waals surface area contributed by atoms with E-state index in [0.717, 1.165) is 43.9 Å². The number of aliphatic hydroxyl groups excluding tert-OH is 1. The normalized spacial score (nSPS) is 34.4. The lowest BCUT2D eigenvalue weighted by Gasteiger charge is -2.58. The van der Waals surface area contributed by atoms with Crippen LogP contribution < -0.4 is 16.0 Å². The van der Waals surface area contributed by atoms with E-state index in [1.54, 1.807) is 0 Å². The van der Waals surface area contributed by atoms with E-state index in [1.807, 2.05) is 27.7 Å². The number of fused-ring (bicyclic) bond motifs is 8.